The molecule has 0 amide bonds. The van der Waals surface area contributed by atoms with E-state index in [1.807, 2.05) is 37.7 Å². The van der Waals surface area contributed by atoms with Gasteiger partial charge in [-0.3, -0.25) is 4.99 Å². The Hall–Kier alpha value is -1.03. The Morgan fingerprint density at radius 3 is 2.48 bits per heavy atom. The van der Waals surface area contributed by atoms with Crippen LogP contribution in [0.2, 0.25) is 0 Å². The van der Waals surface area contributed by atoms with E-state index < -0.39 is 0 Å². The predicted octanol–water partition coefficient (Wildman–Crippen LogP) is 4.44. The summed E-state index contributed by atoms with van der Waals surface area (Å²) >= 11 is 1.83. The first-order valence-corrected chi connectivity index (χ1v) is 8.33. The normalized spacial score (nSPS) is 18.8. The highest BCUT2D eigenvalue weighted by Gasteiger charge is 2.24. The van der Waals surface area contributed by atoms with Crippen molar-refractivity contribution in [3.8, 4) is 0 Å². The van der Waals surface area contributed by atoms with Crippen LogP contribution in [-0.4, -0.2) is 17.0 Å². The van der Waals surface area contributed by atoms with Crippen molar-refractivity contribution >= 4 is 16.9 Å². The fourth-order valence-corrected chi connectivity index (χ4v) is 3.97. The van der Waals surface area contributed by atoms with Crippen LogP contribution in [0.15, 0.2) is 17.1 Å². The number of thioether (sulfide) groups is 1. The van der Waals surface area contributed by atoms with Crippen LogP contribution < -0.4 is 5.32 Å². The van der Waals surface area contributed by atoms with Crippen molar-refractivity contribution in [2.75, 3.05) is 6.54 Å². The van der Waals surface area contributed by atoms with Gasteiger partial charge in [0.1, 0.15) is 5.82 Å². The summed E-state index contributed by atoms with van der Waals surface area (Å²) in [5.74, 6) is -0.100. The van der Waals surface area contributed by atoms with Gasteiger partial charge in [0.15, 0.2) is 5.17 Å². The van der Waals surface area contributed by atoms with Gasteiger partial charge >= 0.3 is 0 Å². The van der Waals surface area contributed by atoms with Crippen LogP contribution in [0.5, 0.6) is 0 Å². The lowest BCUT2D eigenvalue weighted by atomic mass is 9.90. The quantitative estimate of drug-likeness (QED) is 0.892. The van der Waals surface area contributed by atoms with E-state index in [1.54, 1.807) is 0 Å². The number of rotatable bonds is 3. The van der Waals surface area contributed by atoms with E-state index in [-0.39, 0.29) is 5.82 Å². The summed E-state index contributed by atoms with van der Waals surface area (Å²) in [5, 5.41) is 4.97. The summed E-state index contributed by atoms with van der Waals surface area (Å²) in [5.41, 5.74) is 2.86. The Morgan fingerprint density at radius 2 is 1.90 bits per heavy atom. The second-order valence-corrected chi connectivity index (χ2v) is 8.34. The first kappa shape index (κ1) is 16.3. The van der Waals surface area contributed by atoms with Crippen molar-refractivity contribution in [3.05, 3.63) is 34.6 Å². The highest BCUT2D eigenvalue weighted by atomic mass is 32.2. The van der Waals surface area contributed by atoms with E-state index in [4.69, 9.17) is 0 Å². The molecule has 2 nitrogen and oxygen atoms in total. The lowest BCUT2D eigenvalue weighted by Gasteiger charge is -2.21. The molecule has 1 aromatic carbocycles. The third kappa shape index (κ3) is 4.73. The molecule has 2 rings (SSSR count). The van der Waals surface area contributed by atoms with Crippen molar-refractivity contribution in [1.29, 1.82) is 0 Å². The molecule has 0 saturated carbocycles. The molecular formula is C17H25FN2S. The molecule has 0 radical (unpaired) electrons. The van der Waals surface area contributed by atoms with Gasteiger partial charge in [-0.1, -0.05) is 44.7 Å². The van der Waals surface area contributed by atoms with E-state index in [2.05, 4.69) is 31.1 Å². The zero-order valence-electron chi connectivity index (χ0n) is 13.6. The van der Waals surface area contributed by atoms with Crippen molar-refractivity contribution < 1.29 is 4.39 Å². The molecule has 116 valence electrons. The second kappa shape index (κ2) is 6.39. The van der Waals surface area contributed by atoms with Crippen molar-refractivity contribution in [3.63, 3.8) is 0 Å². The third-order valence-corrected chi connectivity index (χ3v) is 4.64. The topological polar surface area (TPSA) is 24.4 Å². The fraction of sp³-hybridized carbons (Fsp3) is 0.588. The molecule has 0 spiro atoms. The summed E-state index contributed by atoms with van der Waals surface area (Å²) in [6, 6.07) is 3.81. The second-order valence-electron chi connectivity index (χ2n) is 7.05. The molecule has 1 aliphatic heterocycles. The zero-order chi connectivity index (χ0) is 15.6. The molecule has 1 aromatic rings. The lowest BCUT2D eigenvalue weighted by molar-refractivity contribution is 0.375. The maximum Gasteiger partial charge on any atom is 0.157 e. The minimum Gasteiger partial charge on any atom is -0.361 e. The van der Waals surface area contributed by atoms with Gasteiger partial charge in [0, 0.05) is 11.8 Å². The fourth-order valence-electron chi connectivity index (χ4n) is 2.62. The van der Waals surface area contributed by atoms with E-state index in [9.17, 15) is 4.39 Å². The lowest BCUT2D eigenvalue weighted by Crippen LogP contribution is -2.20. The molecule has 1 aliphatic rings. The molecule has 4 heteroatoms. The molecule has 1 N–H and O–H groups in total. The number of halogens is 1. The smallest absolute Gasteiger partial charge is 0.157 e. The van der Waals surface area contributed by atoms with Crippen LogP contribution in [0.25, 0.3) is 0 Å². The molecule has 0 saturated heterocycles. The van der Waals surface area contributed by atoms with Gasteiger partial charge in [0.25, 0.3) is 0 Å². The van der Waals surface area contributed by atoms with E-state index in [1.165, 1.54) is 6.42 Å². The molecule has 0 aromatic heterocycles. The Labute approximate surface area is 131 Å². The number of hydrogen-bond donors (Lipinski definition) is 1. The summed E-state index contributed by atoms with van der Waals surface area (Å²) in [6.45, 7) is 12.0. The largest absolute Gasteiger partial charge is 0.361 e. The molecular weight excluding hydrogens is 283 g/mol. The summed E-state index contributed by atoms with van der Waals surface area (Å²) in [7, 11) is 0. The highest BCUT2D eigenvalue weighted by molar-refractivity contribution is 8.14. The Balaban J connectivity index is 1.88. The Morgan fingerprint density at radius 1 is 1.29 bits per heavy atom. The first-order valence-electron chi connectivity index (χ1n) is 7.45. The van der Waals surface area contributed by atoms with Gasteiger partial charge in [0.2, 0.25) is 0 Å². The van der Waals surface area contributed by atoms with Gasteiger partial charge in [-0.05, 0) is 42.4 Å². The number of aryl methyl sites for hydroxylation is 2. The maximum absolute atomic E-state index is 13.6. The number of hydrogen-bond acceptors (Lipinski definition) is 3. The van der Waals surface area contributed by atoms with Crippen LogP contribution in [-0.2, 0) is 6.54 Å². The summed E-state index contributed by atoms with van der Waals surface area (Å²) in [6.07, 6.45) is 1.17. The molecule has 1 atom stereocenters. The minimum atomic E-state index is -0.100. The standard InChI is InChI=1S/C17H25FN2S/c1-11-6-13(7-12(2)15(11)18)9-19-16-20-10-14(21-16)8-17(3,4)5/h6-7,14H,8-10H2,1-5H3,(H,19,20). The summed E-state index contributed by atoms with van der Waals surface area (Å²) < 4.78 is 13.6. The molecule has 1 unspecified atom stereocenters. The first-order chi connectivity index (χ1) is 9.74. The van der Waals surface area contributed by atoms with Crippen molar-refractivity contribution in [2.24, 2.45) is 10.4 Å². The van der Waals surface area contributed by atoms with Crippen LogP contribution in [0, 0.1) is 25.1 Å². The maximum atomic E-state index is 13.6. The predicted molar refractivity (Wildman–Crippen MR) is 90.5 cm³/mol. The van der Waals surface area contributed by atoms with Gasteiger partial charge in [-0.25, -0.2) is 4.39 Å². The molecule has 0 fully saturated rings. The van der Waals surface area contributed by atoms with Crippen LogP contribution in [0.1, 0.15) is 43.9 Å². The van der Waals surface area contributed by atoms with Gasteiger partial charge < -0.3 is 5.32 Å². The van der Waals surface area contributed by atoms with Gasteiger partial charge in [0.05, 0.1) is 6.54 Å². The van der Waals surface area contributed by atoms with Crippen molar-refractivity contribution in [2.45, 2.75) is 52.8 Å². The van der Waals surface area contributed by atoms with Gasteiger partial charge in [-0.15, -0.1) is 0 Å². The van der Waals surface area contributed by atoms with Crippen LogP contribution in [0.4, 0.5) is 4.39 Å². The monoisotopic (exact) mass is 308 g/mol. The van der Waals surface area contributed by atoms with E-state index in [0.29, 0.717) is 28.3 Å². The van der Waals surface area contributed by atoms with Crippen LogP contribution >= 0.6 is 11.8 Å². The molecule has 1 heterocycles. The minimum absolute atomic E-state index is 0.100. The number of nitrogens with one attached hydrogen (secondary N) is 1. The third-order valence-electron chi connectivity index (χ3n) is 3.50. The average molecular weight is 308 g/mol. The number of benzene rings is 1. The van der Waals surface area contributed by atoms with Crippen LogP contribution in [0.3, 0.4) is 0 Å². The van der Waals surface area contributed by atoms with Gasteiger partial charge in [-0.2, -0.15) is 0 Å². The number of amidine groups is 1. The van der Waals surface area contributed by atoms with Crippen molar-refractivity contribution in [1.82, 2.24) is 5.32 Å². The van der Waals surface area contributed by atoms with E-state index in [0.717, 1.165) is 17.3 Å². The Kier molecular flexibility index (Phi) is 4.97. The summed E-state index contributed by atoms with van der Waals surface area (Å²) in [4.78, 5) is 4.57. The zero-order valence-corrected chi connectivity index (χ0v) is 14.4. The SMILES string of the molecule is Cc1cc(CNC2=NCC(CC(C)(C)C)S2)cc(C)c1F. The molecule has 21 heavy (non-hydrogen) atoms. The highest BCUT2D eigenvalue weighted by Crippen LogP contribution is 2.31. The number of nitrogens with zero attached hydrogens (tertiary/aromatic N) is 1. The molecule has 0 aliphatic carbocycles. The van der Waals surface area contributed by atoms with E-state index >= 15 is 0 Å². The Bertz CT molecular complexity index is 523. The molecule has 0 bridgehead atoms. The average Bonchev–Trinajstić information content (AvgIpc) is 2.78. The number of aliphatic imine (C=N–C) groups is 1.